The van der Waals surface area contributed by atoms with E-state index in [-0.39, 0.29) is 5.91 Å². The second-order valence-corrected chi connectivity index (χ2v) is 4.96. The molecule has 2 rings (SSSR count). The molecule has 3 nitrogen and oxygen atoms in total. The highest BCUT2D eigenvalue weighted by Crippen LogP contribution is 2.18. The van der Waals surface area contributed by atoms with Crippen LogP contribution in [0.5, 0.6) is 0 Å². The van der Waals surface area contributed by atoms with Gasteiger partial charge in [-0.3, -0.25) is 4.79 Å². The lowest BCUT2D eigenvalue weighted by Crippen LogP contribution is -2.23. The van der Waals surface area contributed by atoms with Crippen LogP contribution in [0.2, 0.25) is 5.02 Å². The molecule has 2 aromatic rings. The Balaban J connectivity index is 2.07. The molecule has 0 radical (unpaired) electrons. The van der Waals surface area contributed by atoms with Gasteiger partial charge in [0.2, 0.25) is 0 Å². The highest BCUT2D eigenvalue weighted by Gasteiger charge is 2.09. The van der Waals surface area contributed by atoms with Crippen LogP contribution in [0.3, 0.4) is 0 Å². The molecule has 0 saturated heterocycles. The highest BCUT2D eigenvalue weighted by molar-refractivity contribution is 7.09. The molecular formula is C12H11ClN2OS. The molecule has 0 atom stereocenters. The minimum Gasteiger partial charge on any atom is -0.398 e. The Kier molecular flexibility index (Phi) is 3.66. The molecule has 0 unspecified atom stereocenters. The molecule has 0 bridgehead atoms. The number of carbonyl (C=O) groups excluding carboxylic acids is 1. The van der Waals surface area contributed by atoms with E-state index in [0.29, 0.717) is 22.8 Å². The van der Waals surface area contributed by atoms with Gasteiger partial charge in [-0.25, -0.2) is 0 Å². The first-order valence-corrected chi connectivity index (χ1v) is 6.28. The van der Waals surface area contributed by atoms with Gasteiger partial charge in [0.25, 0.3) is 5.91 Å². The van der Waals surface area contributed by atoms with E-state index in [2.05, 4.69) is 5.32 Å². The predicted octanol–water partition coefficient (Wildman–Crippen LogP) is 2.91. The molecule has 1 heterocycles. The van der Waals surface area contributed by atoms with Gasteiger partial charge in [-0.1, -0.05) is 17.7 Å². The zero-order chi connectivity index (χ0) is 12.3. The summed E-state index contributed by atoms with van der Waals surface area (Å²) < 4.78 is 0. The second-order valence-electron chi connectivity index (χ2n) is 3.49. The van der Waals surface area contributed by atoms with Crippen LogP contribution in [0, 0.1) is 0 Å². The van der Waals surface area contributed by atoms with Gasteiger partial charge in [-0.2, -0.15) is 0 Å². The number of hydrogen-bond donors (Lipinski definition) is 2. The monoisotopic (exact) mass is 266 g/mol. The molecule has 17 heavy (non-hydrogen) atoms. The summed E-state index contributed by atoms with van der Waals surface area (Å²) in [6.07, 6.45) is 0. The third-order valence-corrected chi connectivity index (χ3v) is 3.37. The summed E-state index contributed by atoms with van der Waals surface area (Å²) in [7, 11) is 0. The SMILES string of the molecule is Nc1ccc(Cl)cc1C(=O)NCc1cccs1. The molecule has 1 amide bonds. The molecule has 0 fully saturated rings. The van der Waals surface area contributed by atoms with Crippen molar-refractivity contribution in [3.05, 3.63) is 51.2 Å². The molecule has 3 N–H and O–H groups in total. The van der Waals surface area contributed by atoms with Crippen molar-refractivity contribution in [2.45, 2.75) is 6.54 Å². The Morgan fingerprint density at radius 1 is 1.41 bits per heavy atom. The van der Waals surface area contributed by atoms with Crippen molar-refractivity contribution in [2.24, 2.45) is 0 Å². The molecular weight excluding hydrogens is 256 g/mol. The third kappa shape index (κ3) is 2.99. The van der Waals surface area contributed by atoms with Crippen molar-refractivity contribution in [3.63, 3.8) is 0 Å². The quantitative estimate of drug-likeness (QED) is 0.840. The summed E-state index contributed by atoms with van der Waals surface area (Å²) in [5.41, 5.74) is 6.56. The summed E-state index contributed by atoms with van der Waals surface area (Å²) in [4.78, 5) is 13.0. The molecule has 1 aromatic carbocycles. The topological polar surface area (TPSA) is 55.1 Å². The fourth-order valence-electron chi connectivity index (χ4n) is 1.40. The molecule has 88 valence electrons. The van der Waals surface area contributed by atoms with Gasteiger partial charge in [0.05, 0.1) is 12.1 Å². The smallest absolute Gasteiger partial charge is 0.253 e. The van der Waals surface area contributed by atoms with Crippen molar-refractivity contribution in [1.29, 1.82) is 0 Å². The second kappa shape index (κ2) is 5.21. The van der Waals surface area contributed by atoms with Crippen molar-refractivity contribution < 1.29 is 4.79 Å². The van der Waals surface area contributed by atoms with Crippen LogP contribution >= 0.6 is 22.9 Å². The van der Waals surface area contributed by atoms with Crippen LogP contribution in [-0.2, 0) is 6.54 Å². The van der Waals surface area contributed by atoms with Gasteiger partial charge in [0, 0.05) is 15.6 Å². The number of halogens is 1. The highest BCUT2D eigenvalue weighted by atomic mass is 35.5. The fourth-order valence-corrected chi connectivity index (χ4v) is 2.22. The van der Waals surface area contributed by atoms with Crippen molar-refractivity contribution >= 4 is 34.5 Å². The lowest BCUT2D eigenvalue weighted by atomic mass is 10.1. The van der Waals surface area contributed by atoms with E-state index in [1.54, 1.807) is 29.5 Å². The maximum Gasteiger partial charge on any atom is 0.253 e. The summed E-state index contributed by atoms with van der Waals surface area (Å²) >= 11 is 7.42. The Hall–Kier alpha value is -1.52. The molecule has 0 saturated carbocycles. The summed E-state index contributed by atoms with van der Waals surface area (Å²) in [6.45, 7) is 0.502. The maximum atomic E-state index is 11.9. The molecule has 1 aromatic heterocycles. The number of benzene rings is 1. The first-order valence-electron chi connectivity index (χ1n) is 5.02. The lowest BCUT2D eigenvalue weighted by molar-refractivity contribution is 0.0952. The van der Waals surface area contributed by atoms with E-state index in [4.69, 9.17) is 17.3 Å². The summed E-state index contributed by atoms with van der Waals surface area (Å²) in [6, 6.07) is 8.77. The Morgan fingerprint density at radius 2 is 2.24 bits per heavy atom. The van der Waals surface area contributed by atoms with E-state index in [0.717, 1.165) is 4.88 Å². The number of rotatable bonds is 3. The normalized spacial score (nSPS) is 10.2. The Labute approximate surface area is 108 Å². The van der Waals surface area contributed by atoms with Crippen molar-refractivity contribution in [2.75, 3.05) is 5.73 Å². The van der Waals surface area contributed by atoms with Gasteiger partial charge in [-0.15, -0.1) is 11.3 Å². The Morgan fingerprint density at radius 3 is 2.94 bits per heavy atom. The van der Waals surface area contributed by atoms with Crippen LogP contribution < -0.4 is 11.1 Å². The summed E-state index contributed by atoms with van der Waals surface area (Å²) in [5.74, 6) is -0.210. The van der Waals surface area contributed by atoms with E-state index < -0.39 is 0 Å². The van der Waals surface area contributed by atoms with E-state index in [9.17, 15) is 4.79 Å². The number of nitrogen functional groups attached to an aromatic ring is 1. The zero-order valence-electron chi connectivity index (χ0n) is 8.94. The van der Waals surface area contributed by atoms with Crippen LogP contribution in [0.1, 0.15) is 15.2 Å². The number of hydrogen-bond acceptors (Lipinski definition) is 3. The van der Waals surface area contributed by atoms with Crippen LogP contribution in [0.15, 0.2) is 35.7 Å². The fraction of sp³-hybridized carbons (Fsp3) is 0.0833. The van der Waals surface area contributed by atoms with Crippen LogP contribution in [0.4, 0.5) is 5.69 Å². The lowest BCUT2D eigenvalue weighted by Gasteiger charge is -2.06. The van der Waals surface area contributed by atoms with Gasteiger partial charge in [0.1, 0.15) is 0 Å². The summed E-state index contributed by atoms with van der Waals surface area (Å²) in [5, 5.41) is 5.27. The standard InChI is InChI=1S/C12H11ClN2OS/c13-8-3-4-11(14)10(6-8)12(16)15-7-9-2-1-5-17-9/h1-6H,7,14H2,(H,15,16). The number of nitrogens with one attached hydrogen (secondary N) is 1. The predicted molar refractivity (Wildman–Crippen MR) is 71.4 cm³/mol. The number of nitrogens with two attached hydrogens (primary N) is 1. The minimum absolute atomic E-state index is 0.210. The third-order valence-electron chi connectivity index (χ3n) is 2.26. The molecule has 5 heteroatoms. The molecule has 0 spiro atoms. The largest absolute Gasteiger partial charge is 0.398 e. The van der Waals surface area contributed by atoms with Gasteiger partial charge < -0.3 is 11.1 Å². The first-order chi connectivity index (χ1) is 8.16. The molecule has 0 aliphatic rings. The average molecular weight is 267 g/mol. The van der Waals surface area contributed by atoms with E-state index in [1.165, 1.54) is 0 Å². The van der Waals surface area contributed by atoms with Gasteiger partial charge in [-0.05, 0) is 29.6 Å². The number of anilines is 1. The van der Waals surface area contributed by atoms with Gasteiger partial charge in [0.15, 0.2) is 0 Å². The average Bonchev–Trinajstić information content (AvgIpc) is 2.82. The van der Waals surface area contributed by atoms with Crippen molar-refractivity contribution in [3.8, 4) is 0 Å². The Bertz CT molecular complexity index is 525. The van der Waals surface area contributed by atoms with Crippen LogP contribution in [-0.4, -0.2) is 5.91 Å². The molecule has 0 aliphatic carbocycles. The van der Waals surface area contributed by atoms with Gasteiger partial charge >= 0.3 is 0 Å². The number of thiophene rings is 1. The molecule has 0 aliphatic heterocycles. The number of amides is 1. The van der Waals surface area contributed by atoms with E-state index >= 15 is 0 Å². The van der Waals surface area contributed by atoms with E-state index in [1.807, 2.05) is 17.5 Å². The first kappa shape index (κ1) is 12.0. The van der Waals surface area contributed by atoms with Crippen LogP contribution in [0.25, 0.3) is 0 Å². The minimum atomic E-state index is -0.210. The zero-order valence-corrected chi connectivity index (χ0v) is 10.5. The number of carbonyl (C=O) groups is 1. The van der Waals surface area contributed by atoms with Crippen molar-refractivity contribution in [1.82, 2.24) is 5.32 Å². The maximum absolute atomic E-state index is 11.9.